The number of amides is 1. The lowest BCUT2D eigenvalue weighted by Crippen LogP contribution is -2.47. The molecule has 0 spiro atoms. The third-order valence-corrected chi connectivity index (χ3v) is 4.06. The molecule has 1 aliphatic rings. The summed E-state index contributed by atoms with van der Waals surface area (Å²) in [5.74, 6) is -0.155. The highest BCUT2D eigenvalue weighted by molar-refractivity contribution is 6.04. The largest absolute Gasteiger partial charge is 0.333 e. The van der Waals surface area contributed by atoms with Crippen molar-refractivity contribution in [2.75, 3.05) is 13.1 Å². The quantitative estimate of drug-likeness (QED) is 0.871. The average molecular weight is 323 g/mol. The van der Waals surface area contributed by atoms with Crippen molar-refractivity contribution in [2.24, 2.45) is 5.73 Å². The van der Waals surface area contributed by atoms with Gasteiger partial charge in [0.05, 0.1) is 5.39 Å². The van der Waals surface area contributed by atoms with E-state index in [1.165, 1.54) is 0 Å². The van der Waals surface area contributed by atoms with Crippen LogP contribution in [0.2, 0.25) is 0 Å². The van der Waals surface area contributed by atoms with Gasteiger partial charge in [-0.25, -0.2) is 5.10 Å². The molecule has 118 valence electrons. The maximum atomic E-state index is 12.8. The molecule has 1 unspecified atom stereocenters. The number of rotatable bonds is 2. The summed E-state index contributed by atoms with van der Waals surface area (Å²) < 4.78 is 0. The van der Waals surface area contributed by atoms with Gasteiger partial charge in [-0.3, -0.25) is 9.59 Å². The van der Waals surface area contributed by atoms with E-state index in [0.29, 0.717) is 29.6 Å². The van der Waals surface area contributed by atoms with E-state index in [2.05, 4.69) is 10.2 Å². The fourth-order valence-corrected chi connectivity index (χ4v) is 2.93. The number of hydrogen-bond donors (Lipinski definition) is 2. The molecule has 3 rings (SSSR count). The predicted octanol–water partition coefficient (Wildman–Crippen LogP) is 1.30. The number of carbonyl (C=O) groups is 1. The molecule has 1 fully saturated rings. The highest BCUT2D eigenvalue weighted by Gasteiger charge is 2.28. The molecular formula is C15H19ClN4O2. The molecule has 2 aromatic rings. The number of halogens is 1. The summed E-state index contributed by atoms with van der Waals surface area (Å²) in [5.41, 5.74) is 5.79. The summed E-state index contributed by atoms with van der Waals surface area (Å²) in [6.45, 7) is 1.14. The summed E-state index contributed by atoms with van der Waals surface area (Å²) >= 11 is 0. The van der Waals surface area contributed by atoms with Gasteiger partial charge in [-0.05, 0) is 25.3 Å². The topological polar surface area (TPSA) is 92.1 Å². The highest BCUT2D eigenvalue weighted by Crippen LogP contribution is 2.21. The number of nitrogens with zero attached hydrogens (tertiary/aromatic N) is 2. The van der Waals surface area contributed by atoms with Crippen molar-refractivity contribution >= 4 is 29.1 Å². The zero-order chi connectivity index (χ0) is 14.8. The minimum Gasteiger partial charge on any atom is -0.333 e. The molecule has 7 heteroatoms. The van der Waals surface area contributed by atoms with E-state index < -0.39 is 0 Å². The van der Waals surface area contributed by atoms with Crippen LogP contribution in [0.3, 0.4) is 0 Å². The van der Waals surface area contributed by atoms with Crippen LogP contribution in [0.4, 0.5) is 0 Å². The second-order valence-corrected chi connectivity index (χ2v) is 5.33. The number of benzene rings is 1. The number of H-pyrrole nitrogens is 1. The Kier molecular flexibility index (Phi) is 5.15. The summed E-state index contributed by atoms with van der Waals surface area (Å²) in [6, 6.07) is 7.08. The summed E-state index contributed by atoms with van der Waals surface area (Å²) in [7, 11) is 0. The number of carbonyl (C=O) groups excluding carboxylic acids is 1. The van der Waals surface area contributed by atoms with Gasteiger partial charge in [0.1, 0.15) is 0 Å². The van der Waals surface area contributed by atoms with Crippen LogP contribution in [0.1, 0.15) is 29.8 Å². The van der Waals surface area contributed by atoms with Crippen molar-refractivity contribution in [1.29, 1.82) is 0 Å². The van der Waals surface area contributed by atoms with Gasteiger partial charge in [0.15, 0.2) is 5.69 Å². The number of hydrogen-bond acceptors (Lipinski definition) is 4. The van der Waals surface area contributed by atoms with Gasteiger partial charge in [0.2, 0.25) is 0 Å². The second kappa shape index (κ2) is 6.89. The third kappa shape index (κ3) is 2.84. The van der Waals surface area contributed by atoms with Crippen LogP contribution in [0, 0.1) is 0 Å². The monoisotopic (exact) mass is 322 g/mol. The Morgan fingerprint density at radius 2 is 2.05 bits per heavy atom. The van der Waals surface area contributed by atoms with E-state index in [1.54, 1.807) is 29.2 Å². The molecule has 0 bridgehead atoms. The summed E-state index contributed by atoms with van der Waals surface area (Å²) in [6.07, 6.45) is 2.98. The molecule has 0 radical (unpaired) electrons. The minimum absolute atomic E-state index is 0. The van der Waals surface area contributed by atoms with Gasteiger partial charge in [-0.1, -0.05) is 18.2 Å². The van der Waals surface area contributed by atoms with Crippen LogP contribution in [0.25, 0.3) is 10.8 Å². The number of fused-ring (bicyclic) bond motifs is 1. The smallest absolute Gasteiger partial charge is 0.275 e. The molecule has 22 heavy (non-hydrogen) atoms. The first-order chi connectivity index (χ1) is 10.2. The third-order valence-electron chi connectivity index (χ3n) is 4.06. The van der Waals surface area contributed by atoms with Crippen LogP contribution in [0.15, 0.2) is 29.1 Å². The van der Waals surface area contributed by atoms with Crippen molar-refractivity contribution in [2.45, 2.75) is 25.3 Å². The summed E-state index contributed by atoms with van der Waals surface area (Å²) in [4.78, 5) is 26.4. The molecular weight excluding hydrogens is 304 g/mol. The van der Waals surface area contributed by atoms with E-state index in [1.807, 2.05) is 0 Å². The summed E-state index contributed by atoms with van der Waals surface area (Å²) in [5, 5.41) is 7.47. The van der Waals surface area contributed by atoms with E-state index >= 15 is 0 Å². The number of piperidine rings is 1. The Hall–Kier alpha value is -1.92. The Morgan fingerprint density at radius 1 is 1.32 bits per heavy atom. The molecule has 1 atom stereocenters. The molecule has 6 nitrogen and oxygen atoms in total. The lowest BCUT2D eigenvalue weighted by Gasteiger charge is -2.34. The van der Waals surface area contributed by atoms with Crippen LogP contribution in [0.5, 0.6) is 0 Å². The van der Waals surface area contributed by atoms with E-state index in [0.717, 1.165) is 19.3 Å². The number of nitrogens with two attached hydrogens (primary N) is 1. The van der Waals surface area contributed by atoms with Crippen LogP contribution >= 0.6 is 12.4 Å². The van der Waals surface area contributed by atoms with Crippen molar-refractivity contribution in [1.82, 2.24) is 15.1 Å². The predicted molar refractivity (Wildman–Crippen MR) is 87.3 cm³/mol. The molecule has 1 saturated heterocycles. The van der Waals surface area contributed by atoms with Crippen LogP contribution < -0.4 is 11.3 Å². The van der Waals surface area contributed by atoms with Crippen molar-refractivity contribution in [3.63, 3.8) is 0 Å². The standard InChI is InChI=1S/C15H18N4O2.ClH/c16-9-10-5-3-4-8-19(10)15(21)13-11-6-1-2-7-12(11)14(20)18-17-13;/h1-2,6-7,10H,3-5,8-9,16H2,(H,18,20);1H. The number of nitrogens with one attached hydrogen (secondary N) is 1. The minimum atomic E-state index is -0.281. The number of aromatic nitrogens is 2. The average Bonchev–Trinajstić information content (AvgIpc) is 2.55. The maximum absolute atomic E-state index is 12.8. The van der Waals surface area contributed by atoms with E-state index in [4.69, 9.17) is 5.73 Å². The SMILES string of the molecule is Cl.NCC1CCCCN1C(=O)c1n[nH]c(=O)c2ccccc12. The van der Waals surface area contributed by atoms with Gasteiger partial charge in [-0.15, -0.1) is 12.4 Å². The zero-order valence-corrected chi connectivity index (χ0v) is 12.9. The van der Waals surface area contributed by atoms with Gasteiger partial charge in [0.25, 0.3) is 11.5 Å². The molecule has 1 aliphatic heterocycles. The molecule has 1 amide bonds. The first-order valence-corrected chi connectivity index (χ1v) is 7.21. The Balaban J connectivity index is 0.00000176. The first-order valence-electron chi connectivity index (χ1n) is 7.21. The van der Waals surface area contributed by atoms with Crippen LogP contribution in [-0.2, 0) is 0 Å². The Labute approximate surface area is 134 Å². The van der Waals surface area contributed by atoms with Crippen molar-refractivity contribution < 1.29 is 4.79 Å². The van der Waals surface area contributed by atoms with Crippen molar-refractivity contribution in [3.05, 3.63) is 40.3 Å². The van der Waals surface area contributed by atoms with Gasteiger partial charge < -0.3 is 10.6 Å². The molecule has 2 heterocycles. The molecule has 0 aliphatic carbocycles. The Bertz CT molecular complexity index is 731. The fraction of sp³-hybridized carbons (Fsp3) is 0.400. The highest BCUT2D eigenvalue weighted by atomic mass is 35.5. The first kappa shape index (κ1) is 16.5. The van der Waals surface area contributed by atoms with Gasteiger partial charge in [0, 0.05) is 24.5 Å². The molecule has 3 N–H and O–H groups in total. The lowest BCUT2D eigenvalue weighted by molar-refractivity contribution is 0.0618. The van der Waals surface area contributed by atoms with Crippen molar-refractivity contribution in [3.8, 4) is 0 Å². The maximum Gasteiger partial charge on any atom is 0.275 e. The van der Waals surface area contributed by atoms with E-state index in [-0.39, 0.29) is 29.9 Å². The number of aromatic amines is 1. The second-order valence-electron chi connectivity index (χ2n) is 5.33. The lowest BCUT2D eigenvalue weighted by atomic mass is 10.0. The molecule has 0 saturated carbocycles. The Morgan fingerprint density at radius 3 is 2.77 bits per heavy atom. The molecule has 1 aromatic carbocycles. The fourth-order valence-electron chi connectivity index (χ4n) is 2.93. The van der Waals surface area contributed by atoms with E-state index in [9.17, 15) is 9.59 Å². The molecule has 1 aromatic heterocycles. The zero-order valence-electron chi connectivity index (χ0n) is 12.1. The normalized spacial score (nSPS) is 18.0. The van der Waals surface area contributed by atoms with Gasteiger partial charge >= 0.3 is 0 Å². The van der Waals surface area contributed by atoms with Crippen LogP contribution in [-0.4, -0.2) is 40.1 Å². The number of likely N-dealkylation sites (tertiary alicyclic amines) is 1. The van der Waals surface area contributed by atoms with Gasteiger partial charge in [-0.2, -0.15) is 5.10 Å².